The number of furan rings is 1. The van der Waals surface area contributed by atoms with E-state index in [9.17, 15) is 0 Å². The molecule has 0 amide bonds. The number of rotatable bonds is 2. The predicted molar refractivity (Wildman–Crippen MR) is 210 cm³/mol. The molecule has 0 fully saturated rings. The van der Waals surface area contributed by atoms with Crippen LogP contribution in [-0.2, 0) is 5.41 Å². The molecule has 236 valence electrons. The van der Waals surface area contributed by atoms with E-state index >= 15 is 0 Å². The van der Waals surface area contributed by atoms with Gasteiger partial charge in [0.15, 0.2) is 0 Å². The summed E-state index contributed by atoms with van der Waals surface area (Å²) in [7, 11) is 0. The van der Waals surface area contributed by atoms with Gasteiger partial charge in [-0.25, -0.2) is 0 Å². The molecule has 1 spiro atoms. The van der Waals surface area contributed by atoms with E-state index in [0.29, 0.717) is 0 Å². The number of hydrogen-bond acceptors (Lipinski definition) is 1. The van der Waals surface area contributed by atoms with Crippen molar-refractivity contribution in [2.24, 2.45) is 0 Å². The fourth-order valence-electron chi connectivity index (χ4n) is 9.67. The van der Waals surface area contributed by atoms with Gasteiger partial charge in [0.05, 0.1) is 16.4 Å². The van der Waals surface area contributed by atoms with Gasteiger partial charge in [-0.2, -0.15) is 0 Å². The summed E-state index contributed by atoms with van der Waals surface area (Å²) in [6.07, 6.45) is 0. The van der Waals surface area contributed by atoms with Crippen molar-refractivity contribution in [3.05, 3.63) is 198 Å². The van der Waals surface area contributed by atoms with Crippen LogP contribution >= 0.6 is 0 Å². The molecule has 0 atom stereocenters. The summed E-state index contributed by atoms with van der Waals surface area (Å²) >= 11 is 0. The number of benzene rings is 8. The number of fused-ring (bicyclic) bond motifs is 17. The third-order valence-electron chi connectivity index (χ3n) is 11.6. The maximum absolute atomic E-state index is 6.53. The Hall–Kier alpha value is -6.64. The first-order chi connectivity index (χ1) is 25.3. The van der Waals surface area contributed by atoms with Crippen molar-refractivity contribution in [2.45, 2.75) is 5.41 Å². The predicted octanol–water partition coefficient (Wildman–Crippen LogP) is 12.7. The van der Waals surface area contributed by atoms with Crippen molar-refractivity contribution >= 4 is 43.7 Å². The van der Waals surface area contributed by atoms with Crippen molar-refractivity contribution in [3.8, 4) is 39.1 Å². The van der Waals surface area contributed by atoms with Gasteiger partial charge in [-0.05, 0) is 74.8 Å². The number of aromatic nitrogens is 1. The molecule has 0 saturated heterocycles. The highest BCUT2D eigenvalue weighted by Crippen LogP contribution is 2.64. The fourth-order valence-corrected chi connectivity index (χ4v) is 9.67. The van der Waals surface area contributed by atoms with E-state index in [1.807, 2.05) is 6.07 Å². The zero-order valence-electron chi connectivity index (χ0n) is 27.6. The topological polar surface area (TPSA) is 18.1 Å². The molecule has 0 saturated carbocycles. The Balaban J connectivity index is 1.24. The van der Waals surface area contributed by atoms with Gasteiger partial charge in [0.2, 0.25) is 0 Å². The third kappa shape index (κ3) is 3.32. The molecule has 2 heterocycles. The summed E-state index contributed by atoms with van der Waals surface area (Å²) in [6.45, 7) is 0. The number of para-hydroxylation sites is 3. The second kappa shape index (κ2) is 9.74. The van der Waals surface area contributed by atoms with Crippen molar-refractivity contribution < 1.29 is 4.42 Å². The Labute approximate surface area is 294 Å². The minimum absolute atomic E-state index is 0.456. The Morgan fingerprint density at radius 3 is 1.76 bits per heavy atom. The van der Waals surface area contributed by atoms with E-state index in [0.717, 1.165) is 38.8 Å². The first-order valence-corrected chi connectivity index (χ1v) is 17.7. The highest BCUT2D eigenvalue weighted by Gasteiger charge is 2.53. The Morgan fingerprint density at radius 1 is 0.412 bits per heavy atom. The molecule has 51 heavy (non-hydrogen) atoms. The first kappa shape index (κ1) is 27.2. The van der Waals surface area contributed by atoms with Crippen molar-refractivity contribution in [2.75, 3.05) is 0 Å². The van der Waals surface area contributed by atoms with Crippen LogP contribution in [0.25, 0.3) is 82.8 Å². The lowest BCUT2D eigenvalue weighted by atomic mass is 9.70. The Kier molecular flexibility index (Phi) is 5.20. The largest absolute Gasteiger partial charge is 0.455 e. The van der Waals surface area contributed by atoms with Crippen LogP contribution in [-0.4, -0.2) is 4.57 Å². The van der Waals surface area contributed by atoms with E-state index in [1.54, 1.807) is 0 Å². The van der Waals surface area contributed by atoms with Crippen LogP contribution < -0.4 is 0 Å². The van der Waals surface area contributed by atoms with Crippen LogP contribution in [0.1, 0.15) is 22.3 Å². The molecule has 12 rings (SSSR count). The number of nitrogens with zero attached hydrogens (tertiary/aromatic N) is 1. The molecule has 0 aliphatic heterocycles. The quantitative estimate of drug-likeness (QED) is 0.183. The van der Waals surface area contributed by atoms with Crippen LogP contribution in [0.3, 0.4) is 0 Å². The molecule has 0 bridgehead atoms. The molecule has 2 aliphatic rings. The van der Waals surface area contributed by atoms with E-state index in [4.69, 9.17) is 4.42 Å². The summed E-state index contributed by atoms with van der Waals surface area (Å²) in [6, 6.07) is 64.7. The SMILES string of the molecule is c1ccc(-n2c3ccc(-c4cccc5c4oc4ccccc45)cc3c3ccc4c(c32)C2(c3ccccc3-c3ccccc32)c2ccccc2-4)cc1. The summed E-state index contributed by atoms with van der Waals surface area (Å²) < 4.78 is 9.05. The summed E-state index contributed by atoms with van der Waals surface area (Å²) in [5.41, 5.74) is 17.9. The summed E-state index contributed by atoms with van der Waals surface area (Å²) in [5, 5.41) is 4.77. The lowest BCUT2D eigenvalue weighted by Gasteiger charge is -2.31. The summed E-state index contributed by atoms with van der Waals surface area (Å²) in [4.78, 5) is 0. The lowest BCUT2D eigenvalue weighted by molar-refractivity contribution is 0.670. The van der Waals surface area contributed by atoms with Gasteiger partial charge in [0, 0.05) is 38.4 Å². The third-order valence-corrected chi connectivity index (χ3v) is 11.6. The van der Waals surface area contributed by atoms with Crippen molar-refractivity contribution in [1.29, 1.82) is 0 Å². The normalized spacial score (nSPS) is 13.6. The van der Waals surface area contributed by atoms with Gasteiger partial charge in [0.1, 0.15) is 11.2 Å². The Bertz CT molecular complexity index is 3020. The van der Waals surface area contributed by atoms with Gasteiger partial charge in [-0.3, -0.25) is 0 Å². The van der Waals surface area contributed by atoms with Crippen LogP contribution in [0.2, 0.25) is 0 Å². The summed E-state index contributed by atoms with van der Waals surface area (Å²) in [5.74, 6) is 0. The molecule has 0 unspecified atom stereocenters. The lowest BCUT2D eigenvalue weighted by Crippen LogP contribution is -2.26. The molecule has 2 aliphatic carbocycles. The average Bonchev–Trinajstić information content (AvgIpc) is 3.91. The van der Waals surface area contributed by atoms with Crippen molar-refractivity contribution in [1.82, 2.24) is 4.57 Å². The minimum atomic E-state index is -0.456. The fraction of sp³-hybridized carbons (Fsp3) is 0.0204. The molecular weight excluding hydrogens is 619 g/mol. The zero-order chi connectivity index (χ0) is 33.3. The first-order valence-electron chi connectivity index (χ1n) is 17.7. The standard InChI is InChI=1S/C49H29NO/c1-2-13-31(14-3-1)50-44-28-25-30(32-19-12-20-39-36-18-7-11-24-45(36)51-48(32)39)29-40(44)38-27-26-37-35-17-6-10-23-43(35)49(46(37)47(38)50)41-21-8-4-15-33(41)34-16-5-9-22-42(34)49/h1-29H. The molecular formula is C49H29NO. The van der Waals surface area contributed by atoms with Crippen LogP contribution in [0.4, 0.5) is 0 Å². The highest BCUT2D eigenvalue weighted by molar-refractivity contribution is 6.16. The number of hydrogen-bond donors (Lipinski definition) is 0. The Morgan fingerprint density at radius 2 is 1.02 bits per heavy atom. The molecule has 0 N–H and O–H groups in total. The monoisotopic (exact) mass is 647 g/mol. The van der Waals surface area contributed by atoms with Crippen LogP contribution in [0.15, 0.2) is 180 Å². The zero-order valence-corrected chi connectivity index (χ0v) is 27.6. The molecule has 0 radical (unpaired) electrons. The van der Waals surface area contributed by atoms with E-state index < -0.39 is 5.41 Å². The maximum atomic E-state index is 6.53. The molecule has 2 nitrogen and oxygen atoms in total. The second-order valence-corrected chi connectivity index (χ2v) is 14.0. The van der Waals surface area contributed by atoms with Gasteiger partial charge in [-0.15, -0.1) is 0 Å². The van der Waals surface area contributed by atoms with Gasteiger partial charge >= 0.3 is 0 Å². The highest BCUT2D eigenvalue weighted by atomic mass is 16.3. The second-order valence-electron chi connectivity index (χ2n) is 14.0. The van der Waals surface area contributed by atoms with Crippen LogP contribution in [0.5, 0.6) is 0 Å². The molecule has 8 aromatic carbocycles. The smallest absolute Gasteiger partial charge is 0.143 e. The van der Waals surface area contributed by atoms with E-state index in [1.165, 1.54) is 66.3 Å². The van der Waals surface area contributed by atoms with Gasteiger partial charge in [-0.1, -0.05) is 146 Å². The molecule has 2 aromatic heterocycles. The van der Waals surface area contributed by atoms with E-state index in [-0.39, 0.29) is 0 Å². The van der Waals surface area contributed by atoms with Crippen LogP contribution in [0, 0.1) is 0 Å². The van der Waals surface area contributed by atoms with Gasteiger partial charge in [0.25, 0.3) is 0 Å². The van der Waals surface area contributed by atoms with Gasteiger partial charge < -0.3 is 8.98 Å². The molecule has 10 aromatic rings. The average molecular weight is 648 g/mol. The molecule has 2 heteroatoms. The van der Waals surface area contributed by atoms with E-state index in [2.05, 4.69) is 174 Å². The minimum Gasteiger partial charge on any atom is -0.455 e. The maximum Gasteiger partial charge on any atom is 0.143 e. The van der Waals surface area contributed by atoms with Crippen molar-refractivity contribution in [3.63, 3.8) is 0 Å².